The van der Waals surface area contributed by atoms with Gasteiger partial charge in [-0.1, -0.05) is 27.2 Å². The van der Waals surface area contributed by atoms with Crippen molar-refractivity contribution in [1.29, 1.82) is 0 Å². The molecule has 1 saturated heterocycles. The van der Waals surface area contributed by atoms with Gasteiger partial charge in [-0.2, -0.15) is 4.31 Å². The lowest BCUT2D eigenvalue weighted by molar-refractivity contribution is 0.0726. The van der Waals surface area contributed by atoms with E-state index in [9.17, 15) is 18.1 Å². The molecule has 0 spiro atoms. The van der Waals surface area contributed by atoms with Crippen LogP contribution in [0.4, 0.5) is 0 Å². The average Bonchev–Trinajstić information content (AvgIpc) is 3.25. The third-order valence-corrected chi connectivity index (χ3v) is 9.31. The quantitative estimate of drug-likeness (QED) is 0.256. The smallest absolute Gasteiger partial charge is 0.275 e. The molecule has 3 aromatic rings. The van der Waals surface area contributed by atoms with Crippen molar-refractivity contribution in [3.63, 3.8) is 0 Å². The fraction of sp³-hybridized carbons (Fsp3) is 0.556. The minimum absolute atomic E-state index is 0.0996. The number of sulfonamides is 1. The van der Waals surface area contributed by atoms with E-state index in [-0.39, 0.29) is 34.7 Å². The Kier molecular flexibility index (Phi) is 9.06. The van der Waals surface area contributed by atoms with E-state index >= 15 is 0 Å². The van der Waals surface area contributed by atoms with Crippen LogP contribution in [0.15, 0.2) is 39.4 Å². The summed E-state index contributed by atoms with van der Waals surface area (Å²) in [6.45, 7) is 7.41. The van der Waals surface area contributed by atoms with Crippen LogP contribution in [-0.4, -0.2) is 53.6 Å². The van der Waals surface area contributed by atoms with Gasteiger partial charge >= 0.3 is 0 Å². The van der Waals surface area contributed by atoms with E-state index in [2.05, 4.69) is 22.1 Å². The molecular formula is C27H37N5O6S. The molecule has 12 heteroatoms. The standard InChI is InChI=1S/C27H37N5O6S/c1-5-7-20-16-31(4)25-24(20)28-26(29-27(25)33)22-15-21(8-9-23(22)37-14-6-2)39(35,36)32-12-10-19(11-13-32)18(3)17-38-30-34/h8-9,15-16,18-19H,5-7,10-14,17H2,1-4H3,(H,28,29,33)/t18-/m1/s1. The molecular weight excluding hydrogens is 522 g/mol. The predicted octanol–water partition coefficient (Wildman–Crippen LogP) is 4.40. The molecule has 0 amide bonds. The Balaban J connectivity index is 1.70. The van der Waals surface area contributed by atoms with Gasteiger partial charge in [0.15, 0.2) is 5.34 Å². The first-order chi connectivity index (χ1) is 18.7. The maximum absolute atomic E-state index is 13.7. The molecule has 1 aliphatic heterocycles. The number of hydrogen-bond donors (Lipinski definition) is 1. The van der Waals surface area contributed by atoms with E-state index in [1.54, 1.807) is 22.8 Å². The molecule has 1 N–H and O–H groups in total. The predicted molar refractivity (Wildman–Crippen MR) is 149 cm³/mol. The van der Waals surface area contributed by atoms with E-state index in [0.717, 1.165) is 24.8 Å². The van der Waals surface area contributed by atoms with Gasteiger partial charge in [0.1, 0.15) is 23.7 Å². The highest BCUT2D eigenvalue weighted by Gasteiger charge is 2.32. The molecule has 39 heavy (non-hydrogen) atoms. The number of benzene rings is 1. The van der Waals surface area contributed by atoms with Gasteiger partial charge in [0.25, 0.3) is 5.56 Å². The van der Waals surface area contributed by atoms with E-state index in [0.29, 0.717) is 54.9 Å². The molecule has 2 aromatic heterocycles. The number of nitrogens with zero attached hydrogens (tertiary/aromatic N) is 4. The molecule has 0 unspecified atom stereocenters. The second-order valence-electron chi connectivity index (χ2n) is 10.2. The molecule has 1 aliphatic rings. The number of aromatic amines is 1. The fourth-order valence-corrected chi connectivity index (χ4v) is 6.76. The monoisotopic (exact) mass is 559 g/mol. The highest BCUT2D eigenvalue weighted by molar-refractivity contribution is 7.89. The van der Waals surface area contributed by atoms with Crippen molar-refractivity contribution in [3.8, 4) is 17.1 Å². The molecule has 4 rings (SSSR count). The summed E-state index contributed by atoms with van der Waals surface area (Å²) in [5.41, 5.74) is 2.19. The van der Waals surface area contributed by atoms with Crippen molar-refractivity contribution >= 4 is 21.1 Å². The molecule has 0 saturated carbocycles. The lowest BCUT2D eigenvalue weighted by Crippen LogP contribution is -2.40. The minimum atomic E-state index is -3.81. The summed E-state index contributed by atoms with van der Waals surface area (Å²) in [6, 6.07) is 4.73. The van der Waals surface area contributed by atoms with Gasteiger partial charge in [-0.3, -0.25) is 4.79 Å². The van der Waals surface area contributed by atoms with E-state index in [1.165, 1.54) is 4.31 Å². The van der Waals surface area contributed by atoms with Crippen molar-refractivity contribution in [2.75, 3.05) is 26.3 Å². The van der Waals surface area contributed by atoms with Crippen LogP contribution in [-0.2, 0) is 28.3 Å². The topological polar surface area (TPSA) is 136 Å². The molecule has 0 aliphatic carbocycles. The Bertz CT molecular complexity index is 1470. The first-order valence-corrected chi connectivity index (χ1v) is 14.9. The van der Waals surface area contributed by atoms with Gasteiger partial charge in [0.2, 0.25) is 10.0 Å². The van der Waals surface area contributed by atoms with Crippen LogP contribution in [0.5, 0.6) is 5.75 Å². The second kappa shape index (κ2) is 12.3. The van der Waals surface area contributed by atoms with E-state index in [1.807, 2.05) is 27.1 Å². The minimum Gasteiger partial charge on any atom is -0.493 e. The molecule has 0 radical (unpaired) electrons. The molecule has 3 heterocycles. The van der Waals surface area contributed by atoms with Crippen LogP contribution < -0.4 is 10.3 Å². The van der Waals surface area contributed by atoms with Crippen LogP contribution in [0.1, 0.15) is 52.0 Å². The van der Waals surface area contributed by atoms with E-state index in [4.69, 9.17) is 9.72 Å². The summed E-state index contributed by atoms with van der Waals surface area (Å²) < 4.78 is 36.6. The van der Waals surface area contributed by atoms with Crippen LogP contribution in [0.3, 0.4) is 0 Å². The summed E-state index contributed by atoms with van der Waals surface area (Å²) in [7, 11) is -1.99. The highest BCUT2D eigenvalue weighted by Crippen LogP contribution is 2.34. The Morgan fingerprint density at radius 1 is 1.21 bits per heavy atom. The first-order valence-electron chi connectivity index (χ1n) is 13.5. The number of piperidine rings is 1. The molecule has 212 valence electrons. The number of hydrogen-bond acceptors (Lipinski definition) is 8. The normalized spacial score (nSPS) is 15.9. The molecule has 1 aromatic carbocycles. The summed E-state index contributed by atoms with van der Waals surface area (Å²) in [5.74, 6) is 1.07. The van der Waals surface area contributed by atoms with Gasteiger partial charge in [-0.15, -0.1) is 4.91 Å². The summed E-state index contributed by atoms with van der Waals surface area (Å²) in [5, 5.41) is 2.47. The average molecular weight is 560 g/mol. The third-order valence-electron chi connectivity index (χ3n) is 7.42. The summed E-state index contributed by atoms with van der Waals surface area (Å²) in [6.07, 6.45) is 5.68. The number of nitrogens with one attached hydrogen (secondary N) is 1. The lowest BCUT2D eigenvalue weighted by Gasteiger charge is -2.33. The fourth-order valence-electron chi connectivity index (χ4n) is 5.27. The SMILES string of the molecule is CCCOc1ccc(S(=O)(=O)N2CCC([C@H](C)CON=O)CC2)cc1-c1nc2c(CCC)cn(C)c2c(=O)[nH]1. The van der Waals surface area contributed by atoms with Gasteiger partial charge in [0, 0.05) is 26.3 Å². The van der Waals surface area contributed by atoms with Gasteiger partial charge < -0.3 is 19.1 Å². The Morgan fingerprint density at radius 2 is 1.95 bits per heavy atom. The molecule has 11 nitrogen and oxygen atoms in total. The third kappa shape index (κ3) is 6.01. The largest absolute Gasteiger partial charge is 0.493 e. The number of fused-ring (bicyclic) bond motifs is 1. The summed E-state index contributed by atoms with van der Waals surface area (Å²) in [4.78, 5) is 35.8. The van der Waals surface area contributed by atoms with Crippen LogP contribution in [0, 0.1) is 16.7 Å². The number of aryl methyl sites for hydroxylation is 2. The molecule has 0 bridgehead atoms. The van der Waals surface area contributed by atoms with Crippen molar-refractivity contribution in [2.45, 2.75) is 57.8 Å². The second-order valence-corrected chi connectivity index (χ2v) is 12.2. The number of H-pyrrole nitrogens is 1. The zero-order valence-corrected chi connectivity index (χ0v) is 23.8. The van der Waals surface area contributed by atoms with E-state index < -0.39 is 10.0 Å². The van der Waals surface area contributed by atoms with Crippen LogP contribution >= 0.6 is 0 Å². The number of rotatable bonds is 12. The van der Waals surface area contributed by atoms with Crippen LogP contribution in [0.2, 0.25) is 0 Å². The first kappa shape index (κ1) is 28.8. The van der Waals surface area contributed by atoms with Crippen molar-refractivity contribution < 1.29 is 18.0 Å². The maximum atomic E-state index is 13.7. The number of aromatic nitrogens is 3. The Morgan fingerprint density at radius 3 is 2.62 bits per heavy atom. The molecule has 1 fully saturated rings. The Labute approximate surface area is 228 Å². The molecule has 1 atom stereocenters. The van der Waals surface area contributed by atoms with Gasteiger partial charge in [-0.25, -0.2) is 13.4 Å². The zero-order chi connectivity index (χ0) is 28.2. The maximum Gasteiger partial charge on any atom is 0.275 e. The van der Waals surface area contributed by atoms with Crippen molar-refractivity contribution in [2.24, 2.45) is 24.2 Å². The van der Waals surface area contributed by atoms with Crippen molar-refractivity contribution in [3.05, 3.63) is 45.2 Å². The highest BCUT2D eigenvalue weighted by atomic mass is 32.2. The zero-order valence-electron chi connectivity index (χ0n) is 23.0. The van der Waals surface area contributed by atoms with Gasteiger partial charge in [0.05, 0.1) is 22.6 Å². The Hall–Kier alpha value is -3.25. The lowest BCUT2D eigenvalue weighted by atomic mass is 9.87. The summed E-state index contributed by atoms with van der Waals surface area (Å²) >= 11 is 0. The van der Waals surface area contributed by atoms with Gasteiger partial charge in [-0.05, 0) is 61.3 Å². The number of ether oxygens (including phenoxy) is 1. The van der Waals surface area contributed by atoms with Crippen molar-refractivity contribution in [1.82, 2.24) is 18.8 Å². The van der Waals surface area contributed by atoms with Crippen LogP contribution in [0.25, 0.3) is 22.4 Å².